The molecule has 0 N–H and O–H groups in total. The zero-order valence-electron chi connectivity index (χ0n) is 14.5. The first-order valence-corrected chi connectivity index (χ1v) is 8.52. The lowest BCUT2D eigenvalue weighted by Crippen LogP contribution is -2.32. The molecular weight excluding hydrogens is 310 g/mol. The summed E-state index contributed by atoms with van der Waals surface area (Å²) in [5, 5.41) is 0. The van der Waals surface area contributed by atoms with E-state index in [9.17, 15) is 4.79 Å². The normalized spacial score (nSPS) is 10.5. The summed E-state index contributed by atoms with van der Waals surface area (Å²) in [5.74, 6) is 0.101. The van der Waals surface area contributed by atoms with E-state index in [0.717, 1.165) is 22.5 Å². The van der Waals surface area contributed by atoms with Gasteiger partial charge in [0.05, 0.1) is 11.4 Å². The van der Waals surface area contributed by atoms with Crippen molar-refractivity contribution in [3.05, 3.63) is 72.6 Å². The summed E-state index contributed by atoms with van der Waals surface area (Å²) in [6, 6.07) is 21.7. The van der Waals surface area contributed by atoms with Crippen molar-refractivity contribution in [2.45, 2.75) is 13.8 Å². The van der Waals surface area contributed by atoms with Gasteiger partial charge in [0.25, 0.3) is 5.91 Å². The first kappa shape index (κ1) is 16.8. The number of hydrogen-bond donors (Lipinski definition) is 0. The molecule has 0 saturated heterocycles. The van der Waals surface area contributed by atoms with Crippen molar-refractivity contribution in [3.8, 4) is 22.5 Å². The maximum atomic E-state index is 12.8. The van der Waals surface area contributed by atoms with Gasteiger partial charge in [-0.3, -0.25) is 4.79 Å². The molecule has 0 bridgehead atoms. The quantitative estimate of drug-likeness (QED) is 0.700. The first-order valence-electron chi connectivity index (χ1n) is 8.52. The maximum Gasteiger partial charge on any atom is 0.291 e. The molecule has 25 heavy (non-hydrogen) atoms. The van der Waals surface area contributed by atoms with Crippen molar-refractivity contribution in [2.24, 2.45) is 0 Å². The van der Waals surface area contributed by atoms with Crippen LogP contribution in [0.4, 0.5) is 0 Å². The Labute approximate surface area is 148 Å². The van der Waals surface area contributed by atoms with Crippen molar-refractivity contribution < 1.29 is 4.79 Å². The summed E-state index contributed by atoms with van der Waals surface area (Å²) in [7, 11) is 0. The van der Waals surface area contributed by atoms with Crippen LogP contribution < -0.4 is 0 Å². The largest absolute Gasteiger partial charge is 0.336 e. The Morgan fingerprint density at radius 2 is 1.24 bits per heavy atom. The molecule has 0 unspecified atom stereocenters. The van der Waals surface area contributed by atoms with Crippen molar-refractivity contribution in [1.82, 2.24) is 14.9 Å². The molecule has 0 spiro atoms. The van der Waals surface area contributed by atoms with Gasteiger partial charge in [0.1, 0.15) is 0 Å². The molecule has 3 aromatic rings. The summed E-state index contributed by atoms with van der Waals surface area (Å²) < 4.78 is 0. The molecule has 0 aliphatic carbocycles. The van der Waals surface area contributed by atoms with Crippen LogP contribution in [0.25, 0.3) is 22.5 Å². The van der Waals surface area contributed by atoms with Gasteiger partial charge in [0, 0.05) is 24.2 Å². The predicted octanol–water partition coefficient (Wildman–Crippen LogP) is 4.29. The van der Waals surface area contributed by atoms with Crippen molar-refractivity contribution in [1.29, 1.82) is 0 Å². The van der Waals surface area contributed by atoms with Gasteiger partial charge in [0.15, 0.2) is 0 Å². The molecule has 0 aliphatic rings. The third-order valence-electron chi connectivity index (χ3n) is 4.11. The number of amides is 1. The minimum absolute atomic E-state index is 0.139. The molecule has 2 aromatic carbocycles. The van der Waals surface area contributed by atoms with Gasteiger partial charge >= 0.3 is 0 Å². The molecule has 1 amide bonds. The molecule has 0 aliphatic heterocycles. The monoisotopic (exact) mass is 331 g/mol. The summed E-state index contributed by atoms with van der Waals surface area (Å²) in [6.07, 6.45) is 0. The highest BCUT2D eigenvalue weighted by Gasteiger charge is 2.18. The Morgan fingerprint density at radius 3 is 1.64 bits per heavy atom. The van der Waals surface area contributed by atoms with Crippen molar-refractivity contribution >= 4 is 5.91 Å². The van der Waals surface area contributed by atoms with Gasteiger partial charge < -0.3 is 4.90 Å². The Balaban J connectivity index is 2.13. The first-order chi connectivity index (χ1) is 12.2. The molecule has 1 heterocycles. The van der Waals surface area contributed by atoms with E-state index < -0.39 is 0 Å². The van der Waals surface area contributed by atoms with E-state index in [-0.39, 0.29) is 11.7 Å². The molecule has 0 atom stereocenters. The van der Waals surface area contributed by atoms with Gasteiger partial charge in [-0.1, -0.05) is 60.7 Å². The molecule has 0 radical (unpaired) electrons. The third kappa shape index (κ3) is 3.74. The number of carbonyl (C=O) groups excluding carboxylic acids is 1. The van der Waals surface area contributed by atoms with E-state index in [1.165, 1.54) is 0 Å². The standard InChI is InChI=1S/C21H21N3O/c1-3-24(4-2)21(25)20-22-18(16-11-7-5-8-12-16)15-19(23-20)17-13-9-6-10-14-17/h5-15H,3-4H2,1-2H3. The van der Waals surface area contributed by atoms with Gasteiger partial charge in [0.2, 0.25) is 5.82 Å². The number of aromatic nitrogens is 2. The molecule has 3 rings (SSSR count). The summed E-state index contributed by atoms with van der Waals surface area (Å²) in [4.78, 5) is 23.6. The van der Waals surface area contributed by atoms with Crippen LogP contribution in [0.2, 0.25) is 0 Å². The lowest BCUT2D eigenvalue weighted by atomic mass is 10.1. The highest BCUT2D eigenvalue weighted by atomic mass is 16.2. The minimum atomic E-state index is -0.139. The van der Waals surface area contributed by atoms with Gasteiger partial charge in [-0.25, -0.2) is 9.97 Å². The highest BCUT2D eigenvalue weighted by Crippen LogP contribution is 2.24. The lowest BCUT2D eigenvalue weighted by molar-refractivity contribution is 0.0761. The summed E-state index contributed by atoms with van der Waals surface area (Å²) in [6.45, 7) is 5.19. The second-order valence-corrected chi connectivity index (χ2v) is 5.67. The Hall–Kier alpha value is -3.01. The number of benzene rings is 2. The van der Waals surface area contributed by atoms with Crippen LogP contribution in [-0.4, -0.2) is 33.9 Å². The van der Waals surface area contributed by atoms with E-state index in [0.29, 0.717) is 13.1 Å². The van der Waals surface area contributed by atoms with Crippen LogP contribution in [0.1, 0.15) is 24.5 Å². The fourth-order valence-corrected chi connectivity index (χ4v) is 2.71. The van der Waals surface area contributed by atoms with Gasteiger partial charge in [-0.05, 0) is 19.9 Å². The second-order valence-electron chi connectivity index (χ2n) is 5.67. The second kappa shape index (κ2) is 7.71. The van der Waals surface area contributed by atoms with Crippen LogP contribution in [0, 0.1) is 0 Å². The van der Waals surface area contributed by atoms with E-state index in [1.54, 1.807) is 4.90 Å². The van der Waals surface area contributed by atoms with Crippen LogP contribution in [-0.2, 0) is 0 Å². The van der Waals surface area contributed by atoms with E-state index in [1.807, 2.05) is 80.6 Å². The average molecular weight is 331 g/mol. The molecule has 4 heteroatoms. The third-order valence-corrected chi connectivity index (χ3v) is 4.11. The zero-order chi connectivity index (χ0) is 17.6. The van der Waals surface area contributed by atoms with Crippen LogP contribution in [0.15, 0.2) is 66.7 Å². The molecule has 126 valence electrons. The van der Waals surface area contributed by atoms with E-state index in [4.69, 9.17) is 0 Å². The maximum absolute atomic E-state index is 12.8. The average Bonchev–Trinajstić information content (AvgIpc) is 2.70. The topological polar surface area (TPSA) is 46.1 Å². The fourth-order valence-electron chi connectivity index (χ4n) is 2.71. The van der Waals surface area contributed by atoms with Crippen LogP contribution in [0.5, 0.6) is 0 Å². The van der Waals surface area contributed by atoms with Gasteiger partial charge in [-0.15, -0.1) is 0 Å². The lowest BCUT2D eigenvalue weighted by Gasteiger charge is -2.18. The smallest absolute Gasteiger partial charge is 0.291 e. The van der Waals surface area contributed by atoms with E-state index in [2.05, 4.69) is 9.97 Å². The summed E-state index contributed by atoms with van der Waals surface area (Å²) >= 11 is 0. The van der Waals surface area contributed by atoms with Gasteiger partial charge in [-0.2, -0.15) is 0 Å². The highest BCUT2D eigenvalue weighted by molar-refractivity contribution is 5.91. The predicted molar refractivity (Wildman–Crippen MR) is 100 cm³/mol. The Bertz CT molecular complexity index is 786. The molecule has 4 nitrogen and oxygen atoms in total. The number of rotatable bonds is 5. The fraction of sp³-hybridized carbons (Fsp3) is 0.190. The number of nitrogens with zero attached hydrogens (tertiary/aromatic N) is 3. The Kier molecular flexibility index (Phi) is 5.19. The molecule has 0 fully saturated rings. The molecular formula is C21H21N3O. The number of carbonyl (C=O) groups is 1. The summed E-state index contributed by atoms with van der Waals surface area (Å²) in [5.41, 5.74) is 3.45. The minimum Gasteiger partial charge on any atom is -0.336 e. The SMILES string of the molecule is CCN(CC)C(=O)c1nc(-c2ccccc2)cc(-c2ccccc2)n1. The molecule has 0 saturated carbocycles. The van der Waals surface area contributed by atoms with Crippen molar-refractivity contribution in [3.63, 3.8) is 0 Å². The zero-order valence-corrected chi connectivity index (χ0v) is 14.5. The van der Waals surface area contributed by atoms with Crippen LogP contribution >= 0.6 is 0 Å². The molecule has 1 aromatic heterocycles. The number of hydrogen-bond acceptors (Lipinski definition) is 3. The van der Waals surface area contributed by atoms with E-state index >= 15 is 0 Å². The Morgan fingerprint density at radius 1 is 0.800 bits per heavy atom. The van der Waals surface area contributed by atoms with Crippen molar-refractivity contribution in [2.75, 3.05) is 13.1 Å². The van der Waals surface area contributed by atoms with Crippen LogP contribution in [0.3, 0.4) is 0 Å².